The summed E-state index contributed by atoms with van der Waals surface area (Å²) in [4.78, 5) is 14.6. The predicted molar refractivity (Wildman–Crippen MR) is 95.0 cm³/mol. The minimum atomic E-state index is -0.348. The largest absolute Gasteiger partial charge is 0.497 e. The maximum Gasteiger partial charge on any atom is 0.254 e. The van der Waals surface area contributed by atoms with E-state index in [0.29, 0.717) is 24.3 Å². The van der Waals surface area contributed by atoms with Crippen LogP contribution in [0.15, 0.2) is 48.5 Å². The molecule has 0 heterocycles. The number of ether oxygens (including phenoxy) is 2. The molecular weight excluding hydrogens is 316 g/mol. The fraction of sp³-hybridized carbons (Fsp3) is 0.250. The molecule has 0 aliphatic heterocycles. The molecule has 0 spiro atoms. The van der Waals surface area contributed by atoms with Gasteiger partial charge in [-0.15, -0.1) is 0 Å². The van der Waals surface area contributed by atoms with Crippen molar-refractivity contribution in [2.75, 3.05) is 20.8 Å². The summed E-state index contributed by atoms with van der Waals surface area (Å²) in [6.07, 6.45) is 0. The molecule has 0 saturated carbocycles. The number of methoxy groups -OCH3 is 2. The first-order valence-corrected chi connectivity index (χ1v) is 7.85. The van der Waals surface area contributed by atoms with Gasteiger partial charge in [-0.1, -0.05) is 12.1 Å². The van der Waals surface area contributed by atoms with E-state index >= 15 is 0 Å². The molecule has 2 aromatic rings. The van der Waals surface area contributed by atoms with Crippen molar-refractivity contribution in [2.45, 2.75) is 12.6 Å². The van der Waals surface area contributed by atoms with E-state index < -0.39 is 0 Å². The first-order chi connectivity index (χ1) is 12.1. The Kier molecular flexibility index (Phi) is 6.55. The van der Waals surface area contributed by atoms with Gasteiger partial charge < -0.3 is 14.4 Å². The maximum atomic E-state index is 12.9. The monoisotopic (exact) mass is 337 g/mol. The van der Waals surface area contributed by atoms with Crippen molar-refractivity contribution < 1.29 is 14.3 Å². The predicted octanol–water partition coefficient (Wildman–Crippen LogP) is 3.06. The molecule has 2 aromatic carbocycles. The van der Waals surface area contributed by atoms with Crippen LogP contribution < -0.4 is 4.74 Å². The lowest BCUT2D eigenvalue weighted by Gasteiger charge is -2.29. The molecule has 5 nitrogen and oxygen atoms in total. The van der Waals surface area contributed by atoms with Crippen LogP contribution >= 0.6 is 0 Å². The minimum absolute atomic E-state index is 0.163. The highest BCUT2D eigenvalue weighted by molar-refractivity contribution is 5.94. The number of rotatable bonds is 7. The molecule has 0 fully saturated rings. The fourth-order valence-corrected chi connectivity index (χ4v) is 2.47. The average molecular weight is 337 g/mol. The average Bonchev–Trinajstić information content (AvgIpc) is 2.66. The van der Waals surface area contributed by atoms with Gasteiger partial charge in [0.25, 0.3) is 5.91 Å². The van der Waals surface area contributed by atoms with Crippen molar-refractivity contribution in [3.05, 3.63) is 72.1 Å². The summed E-state index contributed by atoms with van der Waals surface area (Å²) in [6.45, 7) is 4.75. The number of benzene rings is 2. The van der Waals surface area contributed by atoms with Crippen LogP contribution in [-0.4, -0.2) is 37.7 Å². The molecular formula is C20H21N2O3. The molecule has 129 valence electrons. The van der Waals surface area contributed by atoms with Crippen molar-refractivity contribution in [1.82, 2.24) is 4.90 Å². The van der Waals surface area contributed by atoms with E-state index in [1.165, 1.54) is 0 Å². The molecule has 1 amide bonds. The van der Waals surface area contributed by atoms with E-state index in [4.69, 9.17) is 14.7 Å². The van der Waals surface area contributed by atoms with Crippen molar-refractivity contribution in [3.8, 4) is 11.8 Å². The lowest BCUT2D eigenvalue weighted by molar-refractivity contribution is 0.0583. The first-order valence-electron chi connectivity index (χ1n) is 7.85. The zero-order valence-electron chi connectivity index (χ0n) is 14.4. The third-order valence-corrected chi connectivity index (χ3v) is 3.81. The third-order valence-electron chi connectivity index (χ3n) is 3.81. The van der Waals surface area contributed by atoms with Crippen molar-refractivity contribution in [2.24, 2.45) is 0 Å². The number of nitrogens with zero attached hydrogens (tertiary/aromatic N) is 2. The number of hydrogen-bond acceptors (Lipinski definition) is 4. The molecule has 0 aliphatic rings. The maximum absolute atomic E-state index is 12.9. The van der Waals surface area contributed by atoms with E-state index in [1.807, 2.05) is 30.3 Å². The van der Waals surface area contributed by atoms with Gasteiger partial charge in [-0.05, 0) is 48.9 Å². The van der Waals surface area contributed by atoms with Crippen LogP contribution in [0.4, 0.5) is 0 Å². The Morgan fingerprint density at radius 3 is 2.56 bits per heavy atom. The number of nitriles is 1. The summed E-state index contributed by atoms with van der Waals surface area (Å²) in [5, 5.41) is 8.89. The highest BCUT2D eigenvalue weighted by Gasteiger charge is 2.22. The van der Waals surface area contributed by atoms with Crippen molar-refractivity contribution >= 4 is 5.91 Å². The number of carbonyl (C=O) groups excluding carboxylic acids is 1. The molecule has 2 rings (SSSR count). The summed E-state index contributed by atoms with van der Waals surface area (Å²) in [6, 6.07) is 15.8. The zero-order valence-corrected chi connectivity index (χ0v) is 14.4. The van der Waals surface area contributed by atoms with Gasteiger partial charge in [0.15, 0.2) is 0 Å². The smallest absolute Gasteiger partial charge is 0.254 e. The second-order valence-corrected chi connectivity index (χ2v) is 5.58. The zero-order chi connectivity index (χ0) is 18.2. The van der Waals surface area contributed by atoms with Crippen LogP contribution in [0.2, 0.25) is 0 Å². The van der Waals surface area contributed by atoms with Gasteiger partial charge >= 0.3 is 0 Å². The Labute approximate surface area is 148 Å². The Morgan fingerprint density at radius 2 is 1.96 bits per heavy atom. The van der Waals surface area contributed by atoms with Crippen LogP contribution in [0.1, 0.15) is 21.5 Å². The van der Waals surface area contributed by atoms with Gasteiger partial charge in [-0.2, -0.15) is 5.26 Å². The summed E-state index contributed by atoms with van der Waals surface area (Å²) >= 11 is 0. The summed E-state index contributed by atoms with van der Waals surface area (Å²) in [5.41, 5.74) is 1.96. The Morgan fingerprint density at radius 1 is 1.24 bits per heavy atom. The topological polar surface area (TPSA) is 62.6 Å². The van der Waals surface area contributed by atoms with Crippen LogP contribution in [0, 0.1) is 18.3 Å². The van der Waals surface area contributed by atoms with Crippen LogP contribution in [0.5, 0.6) is 5.75 Å². The Hall–Kier alpha value is -2.84. The number of hydrogen-bond donors (Lipinski definition) is 0. The van der Waals surface area contributed by atoms with Crippen LogP contribution in [0.3, 0.4) is 0 Å². The molecule has 1 radical (unpaired) electrons. The Balaban J connectivity index is 2.27. The van der Waals surface area contributed by atoms with Crippen LogP contribution in [0.25, 0.3) is 0 Å². The van der Waals surface area contributed by atoms with Gasteiger partial charge in [0, 0.05) is 19.2 Å². The van der Waals surface area contributed by atoms with Gasteiger partial charge in [-0.25, -0.2) is 0 Å². The first kappa shape index (κ1) is 18.5. The lowest BCUT2D eigenvalue weighted by atomic mass is 10.1. The molecule has 0 aliphatic carbocycles. The SMILES string of the molecule is [CH2]C(COC)N(Cc1cccc(OC)c1)C(=O)c1ccc(C#N)cc1. The molecule has 1 atom stereocenters. The van der Waals surface area contributed by atoms with Crippen molar-refractivity contribution in [3.63, 3.8) is 0 Å². The van der Waals surface area contributed by atoms with E-state index in [-0.39, 0.29) is 11.9 Å². The third kappa shape index (κ3) is 4.82. The minimum Gasteiger partial charge on any atom is -0.497 e. The van der Waals surface area contributed by atoms with Gasteiger partial charge in [-0.3, -0.25) is 4.79 Å². The van der Waals surface area contributed by atoms with Gasteiger partial charge in [0.1, 0.15) is 5.75 Å². The standard InChI is InChI=1S/C20H21N2O3/c1-15(14-24-2)22(13-17-5-4-6-19(11-17)25-3)20(23)18-9-7-16(12-21)8-10-18/h4-11,15H,1,13-14H2,2-3H3. The molecule has 5 heteroatoms. The van der Waals surface area contributed by atoms with Gasteiger partial charge in [0.2, 0.25) is 0 Å². The normalized spacial score (nSPS) is 11.4. The van der Waals surface area contributed by atoms with E-state index in [0.717, 1.165) is 11.3 Å². The second-order valence-electron chi connectivity index (χ2n) is 5.58. The highest BCUT2D eigenvalue weighted by Crippen LogP contribution is 2.18. The summed E-state index contributed by atoms with van der Waals surface area (Å²) in [5.74, 6) is 0.569. The summed E-state index contributed by atoms with van der Waals surface area (Å²) in [7, 11) is 3.18. The fourth-order valence-electron chi connectivity index (χ4n) is 2.47. The Bertz CT molecular complexity index is 750. The van der Waals surface area contributed by atoms with Gasteiger partial charge in [0.05, 0.1) is 31.4 Å². The lowest BCUT2D eigenvalue weighted by Crippen LogP contribution is -2.40. The quantitative estimate of drug-likeness (QED) is 0.779. The van der Waals surface area contributed by atoms with Crippen LogP contribution in [-0.2, 0) is 11.3 Å². The molecule has 25 heavy (non-hydrogen) atoms. The highest BCUT2D eigenvalue weighted by atomic mass is 16.5. The van der Waals surface area contributed by atoms with E-state index in [9.17, 15) is 4.79 Å². The number of amides is 1. The van der Waals surface area contributed by atoms with Crippen molar-refractivity contribution in [1.29, 1.82) is 5.26 Å². The molecule has 1 unspecified atom stereocenters. The molecule has 0 N–H and O–H groups in total. The van der Waals surface area contributed by atoms with E-state index in [2.05, 4.69) is 6.92 Å². The second kappa shape index (κ2) is 8.86. The van der Waals surface area contributed by atoms with E-state index in [1.54, 1.807) is 43.4 Å². The summed E-state index contributed by atoms with van der Waals surface area (Å²) < 4.78 is 10.4. The molecule has 0 aromatic heterocycles. The molecule has 0 saturated heterocycles. The molecule has 0 bridgehead atoms. The number of carbonyl (C=O) groups is 1.